The fourth-order valence-electron chi connectivity index (χ4n) is 2.98. The zero-order chi connectivity index (χ0) is 16.9. The summed E-state index contributed by atoms with van der Waals surface area (Å²) in [5, 5.41) is 2.75. The maximum absolute atomic E-state index is 12.4. The Morgan fingerprint density at radius 2 is 1.58 bits per heavy atom. The molecule has 2 aromatic rings. The molecule has 3 N–H and O–H groups in total. The Morgan fingerprint density at radius 3 is 2.25 bits per heavy atom. The Kier molecular flexibility index (Phi) is 4.79. The van der Waals surface area contributed by atoms with Gasteiger partial charge in [-0.05, 0) is 55.7 Å². The molecule has 0 aliphatic carbocycles. The molecule has 0 bridgehead atoms. The van der Waals surface area contributed by atoms with Gasteiger partial charge in [-0.2, -0.15) is 0 Å². The highest BCUT2D eigenvalue weighted by Crippen LogP contribution is 2.21. The maximum atomic E-state index is 12.4. The van der Waals surface area contributed by atoms with E-state index in [1.165, 1.54) is 19.3 Å². The standard InChI is InChI=1S/C19H21N3O2/c20-18(23)16-6-2-3-7-17(16)21-19(24)14-8-10-15(11-9-14)22-12-4-1-5-13-22/h2-3,6-11H,1,4-5,12-13H2,(H2,20,23)(H,21,24). The van der Waals surface area contributed by atoms with Gasteiger partial charge in [0.2, 0.25) is 0 Å². The van der Waals surface area contributed by atoms with Crippen molar-refractivity contribution in [2.75, 3.05) is 23.3 Å². The Morgan fingerprint density at radius 1 is 0.917 bits per heavy atom. The highest BCUT2D eigenvalue weighted by atomic mass is 16.2. The molecule has 0 radical (unpaired) electrons. The summed E-state index contributed by atoms with van der Waals surface area (Å²) in [6.07, 6.45) is 3.72. The van der Waals surface area contributed by atoms with E-state index in [0.717, 1.165) is 18.8 Å². The molecule has 124 valence electrons. The monoisotopic (exact) mass is 323 g/mol. The van der Waals surface area contributed by atoms with Crippen LogP contribution in [0.15, 0.2) is 48.5 Å². The molecule has 24 heavy (non-hydrogen) atoms. The van der Waals surface area contributed by atoms with E-state index < -0.39 is 5.91 Å². The van der Waals surface area contributed by atoms with E-state index in [0.29, 0.717) is 16.8 Å². The van der Waals surface area contributed by atoms with Gasteiger partial charge in [0, 0.05) is 24.3 Å². The Balaban J connectivity index is 1.72. The number of primary amides is 1. The van der Waals surface area contributed by atoms with Crippen LogP contribution in [0.25, 0.3) is 0 Å². The van der Waals surface area contributed by atoms with Crippen molar-refractivity contribution in [1.29, 1.82) is 0 Å². The summed E-state index contributed by atoms with van der Waals surface area (Å²) in [6, 6.07) is 14.3. The van der Waals surface area contributed by atoms with Gasteiger partial charge in [0.1, 0.15) is 0 Å². The summed E-state index contributed by atoms with van der Waals surface area (Å²) in [7, 11) is 0. The fraction of sp³-hybridized carbons (Fsp3) is 0.263. The minimum Gasteiger partial charge on any atom is -0.372 e. The lowest BCUT2D eigenvalue weighted by Crippen LogP contribution is -2.29. The summed E-state index contributed by atoms with van der Waals surface area (Å²) in [6.45, 7) is 2.13. The number of piperidine rings is 1. The predicted octanol–water partition coefficient (Wildman–Crippen LogP) is 3.03. The number of benzene rings is 2. The smallest absolute Gasteiger partial charge is 0.255 e. The molecule has 1 heterocycles. The number of carbonyl (C=O) groups is 2. The first kappa shape index (κ1) is 16.1. The van der Waals surface area contributed by atoms with Gasteiger partial charge in [0.05, 0.1) is 11.3 Å². The largest absolute Gasteiger partial charge is 0.372 e. The van der Waals surface area contributed by atoms with Gasteiger partial charge in [-0.15, -0.1) is 0 Å². The molecular formula is C19H21N3O2. The SMILES string of the molecule is NC(=O)c1ccccc1NC(=O)c1ccc(N2CCCCC2)cc1. The molecule has 1 saturated heterocycles. The second kappa shape index (κ2) is 7.17. The molecule has 3 rings (SSSR count). The Hall–Kier alpha value is -2.82. The zero-order valence-corrected chi connectivity index (χ0v) is 13.5. The fourth-order valence-corrected chi connectivity index (χ4v) is 2.98. The third-order valence-electron chi connectivity index (χ3n) is 4.29. The first-order chi connectivity index (χ1) is 11.6. The van der Waals surface area contributed by atoms with Crippen LogP contribution in [0.5, 0.6) is 0 Å². The van der Waals surface area contributed by atoms with Crippen LogP contribution >= 0.6 is 0 Å². The van der Waals surface area contributed by atoms with Crippen molar-refractivity contribution in [3.63, 3.8) is 0 Å². The van der Waals surface area contributed by atoms with Gasteiger partial charge in [0.25, 0.3) is 11.8 Å². The lowest BCUT2D eigenvalue weighted by Gasteiger charge is -2.28. The van der Waals surface area contributed by atoms with Crippen LogP contribution in [0, 0.1) is 0 Å². The lowest BCUT2D eigenvalue weighted by molar-refractivity contribution is 0.100. The summed E-state index contributed by atoms with van der Waals surface area (Å²) >= 11 is 0. The van der Waals surface area contributed by atoms with E-state index in [1.807, 2.05) is 24.3 Å². The van der Waals surface area contributed by atoms with Crippen LogP contribution in [0.1, 0.15) is 40.0 Å². The molecule has 1 fully saturated rings. The van der Waals surface area contributed by atoms with Gasteiger partial charge >= 0.3 is 0 Å². The van der Waals surface area contributed by atoms with Gasteiger partial charge in [-0.1, -0.05) is 12.1 Å². The highest BCUT2D eigenvalue weighted by molar-refractivity contribution is 6.08. The Labute approximate surface area is 141 Å². The summed E-state index contributed by atoms with van der Waals surface area (Å²) in [5.41, 5.74) is 7.76. The second-order valence-corrected chi connectivity index (χ2v) is 5.96. The number of para-hydroxylation sites is 1. The van der Waals surface area contributed by atoms with E-state index in [2.05, 4.69) is 10.2 Å². The molecule has 0 aromatic heterocycles. The third kappa shape index (κ3) is 3.56. The van der Waals surface area contributed by atoms with Crippen molar-refractivity contribution in [2.24, 2.45) is 5.73 Å². The number of hydrogen-bond acceptors (Lipinski definition) is 3. The van der Waals surface area contributed by atoms with Crippen molar-refractivity contribution >= 4 is 23.2 Å². The van der Waals surface area contributed by atoms with Gasteiger partial charge < -0.3 is 16.0 Å². The van der Waals surface area contributed by atoms with Crippen LogP contribution in [-0.2, 0) is 0 Å². The quantitative estimate of drug-likeness (QED) is 0.908. The molecule has 0 saturated carbocycles. The third-order valence-corrected chi connectivity index (χ3v) is 4.29. The van der Waals surface area contributed by atoms with Crippen molar-refractivity contribution in [1.82, 2.24) is 0 Å². The van der Waals surface area contributed by atoms with Crippen LogP contribution in [0.3, 0.4) is 0 Å². The van der Waals surface area contributed by atoms with E-state index in [-0.39, 0.29) is 5.91 Å². The molecule has 0 atom stereocenters. The number of nitrogens with one attached hydrogen (secondary N) is 1. The maximum Gasteiger partial charge on any atom is 0.255 e. The van der Waals surface area contributed by atoms with Gasteiger partial charge in [-0.25, -0.2) is 0 Å². The predicted molar refractivity (Wildman–Crippen MR) is 95.4 cm³/mol. The molecule has 2 aromatic carbocycles. The van der Waals surface area contributed by atoms with Crippen LogP contribution in [0.4, 0.5) is 11.4 Å². The van der Waals surface area contributed by atoms with Crippen molar-refractivity contribution in [3.05, 3.63) is 59.7 Å². The molecule has 5 heteroatoms. The van der Waals surface area contributed by atoms with Crippen molar-refractivity contribution in [3.8, 4) is 0 Å². The first-order valence-corrected chi connectivity index (χ1v) is 8.20. The molecular weight excluding hydrogens is 302 g/mol. The summed E-state index contributed by atoms with van der Waals surface area (Å²) < 4.78 is 0. The second-order valence-electron chi connectivity index (χ2n) is 5.96. The zero-order valence-electron chi connectivity index (χ0n) is 13.5. The molecule has 2 amide bonds. The number of anilines is 2. The van der Waals surface area contributed by atoms with Crippen LogP contribution < -0.4 is 16.0 Å². The summed E-state index contributed by atoms with van der Waals surface area (Å²) in [4.78, 5) is 26.2. The number of hydrogen-bond donors (Lipinski definition) is 2. The van der Waals surface area contributed by atoms with Crippen molar-refractivity contribution in [2.45, 2.75) is 19.3 Å². The van der Waals surface area contributed by atoms with Gasteiger partial charge in [0.15, 0.2) is 0 Å². The highest BCUT2D eigenvalue weighted by Gasteiger charge is 2.14. The topological polar surface area (TPSA) is 75.4 Å². The van der Waals surface area contributed by atoms with E-state index in [4.69, 9.17) is 5.73 Å². The van der Waals surface area contributed by atoms with E-state index in [1.54, 1.807) is 24.3 Å². The van der Waals surface area contributed by atoms with Crippen LogP contribution in [-0.4, -0.2) is 24.9 Å². The first-order valence-electron chi connectivity index (χ1n) is 8.20. The van der Waals surface area contributed by atoms with Crippen LogP contribution in [0.2, 0.25) is 0 Å². The number of amides is 2. The number of carbonyl (C=O) groups excluding carboxylic acids is 2. The number of nitrogens with two attached hydrogens (primary N) is 1. The minimum atomic E-state index is -0.564. The molecule has 0 spiro atoms. The average molecular weight is 323 g/mol. The molecule has 5 nitrogen and oxygen atoms in total. The van der Waals surface area contributed by atoms with Gasteiger partial charge in [-0.3, -0.25) is 9.59 Å². The number of nitrogens with zero attached hydrogens (tertiary/aromatic N) is 1. The average Bonchev–Trinajstić information content (AvgIpc) is 2.63. The Bertz CT molecular complexity index is 735. The molecule has 0 unspecified atom stereocenters. The molecule has 1 aliphatic rings. The molecule has 1 aliphatic heterocycles. The lowest BCUT2D eigenvalue weighted by atomic mass is 10.1. The van der Waals surface area contributed by atoms with E-state index >= 15 is 0 Å². The van der Waals surface area contributed by atoms with E-state index in [9.17, 15) is 9.59 Å². The minimum absolute atomic E-state index is 0.256. The normalized spacial score (nSPS) is 14.2. The summed E-state index contributed by atoms with van der Waals surface area (Å²) in [5.74, 6) is -0.819. The van der Waals surface area contributed by atoms with Crippen molar-refractivity contribution < 1.29 is 9.59 Å². The number of rotatable bonds is 4.